The van der Waals surface area contributed by atoms with Crippen LogP contribution in [0, 0.1) is 0 Å². The van der Waals surface area contributed by atoms with Gasteiger partial charge in [0.1, 0.15) is 17.0 Å². The summed E-state index contributed by atoms with van der Waals surface area (Å²) in [5.41, 5.74) is 2.48. The summed E-state index contributed by atoms with van der Waals surface area (Å²) in [6.45, 7) is 0.419. The molecule has 0 radical (unpaired) electrons. The highest BCUT2D eigenvalue weighted by Gasteiger charge is 2.33. The second kappa shape index (κ2) is 9.03. The van der Waals surface area contributed by atoms with Crippen LogP contribution in [0.4, 0.5) is 0 Å². The summed E-state index contributed by atoms with van der Waals surface area (Å²) in [7, 11) is 3.15. The van der Waals surface area contributed by atoms with Gasteiger partial charge in [0.2, 0.25) is 11.8 Å². The smallest absolute Gasteiger partial charge is 0.222 e. The minimum absolute atomic E-state index is 0.0533. The number of methoxy groups -OCH3 is 2. The molecule has 2 amide bonds. The molecule has 1 aromatic heterocycles. The standard InChI is InChI=1S/C22H25N5O4/c1-30-14-7-8-15(19(13-14)31-2)22-17(9-10-20(28)24-22)23-21(29)11-12-27-18-6-4-3-5-16(18)25-26-27/h3-8,13,17,22H,9-12H2,1-2H3,(H,23,29)(H,24,28)/t17-,22+/m0/s1. The molecule has 2 N–H and O–H groups in total. The normalized spacial score (nSPS) is 18.5. The first-order chi connectivity index (χ1) is 15.1. The predicted molar refractivity (Wildman–Crippen MR) is 114 cm³/mol. The SMILES string of the molecule is COc1ccc([C@H]2NC(=O)CC[C@@H]2NC(=O)CCn2nnc3ccccc32)c(OC)c1. The summed E-state index contributed by atoms with van der Waals surface area (Å²) in [6.07, 6.45) is 1.15. The molecule has 162 valence electrons. The molecule has 0 unspecified atom stereocenters. The third kappa shape index (κ3) is 4.45. The Bertz CT molecular complexity index is 1100. The molecule has 0 saturated carbocycles. The molecule has 1 aliphatic rings. The van der Waals surface area contributed by atoms with Gasteiger partial charge < -0.3 is 20.1 Å². The maximum Gasteiger partial charge on any atom is 0.222 e. The van der Waals surface area contributed by atoms with Gasteiger partial charge in [0.25, 0.3) is 0 Å². The number of nitrogens with zero attached hydrogens (tertiary/aromatic N) is 3. The molecule has 2 aromatic carbocycles. The van der Waals surface area contributed by atoms with E-state index in [4.69, 9.17) is 9.47 Å². The van der Waals surface area contributed by atoms with Crippen molar-refractivity contribution < 1.29 is 19.1 Å². The van der Waals surface area contributed by atoms with Crippen molar-refractivity contribution >= 4 is 22.8 Å². The topological polar surface area (TPSA) is 107 Å². The molecule has 0 spiro atoms. The molecular formula is C22H25N5O4. The molecule has 1 saturated heterocycles. The summed E-state index contributed by atoms with van der Waals surface area (Å²) in [5, 5.41) is 14.3. The molecule has 4 rings (SSSR count). The van der Waals surface area contributed by atoms with Gasteiger partial charge in [0, 0.05) is 24.5 Å². The second-order valence-electron chi connectivity index (χ2n) is 7.42. The number of para-hydroxylation sites is 1. The molecular weight excluding hydrogens is 398 g/mol. The summed E-state index contributed by atoms with van der Waals surface area (Å²) >= 11 is 0. The Kier molecular flexibility index (Phi) is 6.01. The van der Waals surface area contributed by atoms with Crippen LogP contribution in [0.5, 0.6) is 11.5 Å². The lowest BCUT2D eigenvalue weighted by Gasteiger charge is -2.34. The number of rotatable bonds is 7. The van der Waals surface area contributed by atoms with Crippen LogP contribution in [0.2, 0.25) is 0 Å². The fourth-order valence-electron chi connectivity index (χ4n) is 3.89. The number of aryl methyl sites for hydroxylation is 1. The Hall–Kier alpha value is -3.62. The summed E-state index contributed by atoms with van der Waals surface area (Å²) in [5.74, 6) is 1.09. The summed E-state index contributed by atoms with van der Waals surface area (Å²) < 4.78 is 12.5. The second-order valence-corrected chi connectivity index (χ2v) is 7.42. The van der Waals surface area contributed by atoms with E-state index in [2.05, 4.69) is 20.9 Å². The molecule has 9 nitrogen and oxygen atoms in total. The van der Waals surface area contributed by atoms with Gasteiger partial charge >= 0.3 is 0 Å². The average Bonchev–Trinajstić information content (AvgIpc) is 3.21. The lowest BCUT2D eigenvalue weighted by Crippen LogP contribution is -2.50. The zero-order valence-corrected chi connectivity index (χ0v) is 17.5. The molecule has 2 atom stereocenters. The fraction of sp³-hybridized carbons (Fsp3) is 0.364. The fourth-order valence-corrected chi connectivity index (χ4v) is 3.89. The Morgan fingerprint density at radius 1 is 1.23 bits per heavy atom. The molecule has 2 heterocycles. The van der Waals surface area contributed by atoms with Crippen molar-refractivity contribution in [2.45, 2.75) is 37.9 Å². The summed E-state index contributed by atoms with van der Waals surface area (Å²) in [6, 6.07) is 12.4. The Morgan fingerprint density at radius 2 is 2.06 bits per heavy atom. The van der Waals surface area contributed by atoms with E-state index in [1.165, 1.54) is 0 Å². The minimum atomic E-state index is -0.391. The molecule has 0 aliphatic carbocycles. The lowest BCUT2D eigenvalue weighted by molar-refractivity contribution is -0.127. The zero-order valence-electron chi connectivity index (χ0n) is 17.5. The van der Waals surface area contributed by atoms with Crippen molar-refractivity contribution in [3.63, 3.8) is 0 Å². The van der Waals surface area contributed by atoms with Crippen LogP contribution in [0.1, 0.15) is 30.9 Å². The quantitative estimate of drug-likeness (QED) is 0.602. The molecule has 31 heavy (non-hydrogen) atoms. The maximum atomic E-state index is 12.7. The van der Waals surface area contributed by atoms with E-state index in [0.29, 0.717) is 30.9 Å². The minimum Gasteiger partial charge on any atom is -0.497 e. The van der Waals surface area contributed by atoms with E-state index in [1.54, 1.807) is 25.0 Å². The molecule has 9 heteroatoms. The van der Waals surface area contributed by atoms with Gasteiger partial charge in [0.15, 0.2) is 0 Å². The van der Waals surface area contributed by atoms with Crippen LogP contribution in [0.15, 0.2) is 42.5 Å². The number of aromatic nitrogens is 3. The van der Waals surface area contributed by atoms with Gasteiger partial charge in [-0.15, -0.1) is 5.10 Å². The number of fused-ring (bicyclic) bond motifs is 1. The van der Waals surface area contributed by atoms with Crippen molar-refractivity contribution in [1.82, 2.24) is 25.6 Å². The summed E-state index contributed by atoms with van der Waals surface area (Å²) in [4.78, 5) is 24.8. The largest absolute Gasteiger partial charge is 0.497 e. The first-order valence-corrected chi connectivity index (χ1v) is 10.2. The first kappa shape index (κ1) is 20.6. The van der Waals surface area contributed by atoms with Crippen LogP contribution >= 0.6 is 0 Å². The first-order valence-electron chi connectivity index (χ1n) is 10.2. The number of carbonyl (C=O) groups excluding carboxylic acids is 2. The Labute approximate surface area is 179 Å². The van der Waals surface area contributed by atoms with Gasteiger partial charge in [-0.1, -0.05) is 17.3 Å². The van der Waals surface area contributed by atoms with Crippen LogP contribution in [-0.4, -0.2) is 47.1 Å². The van der Waals surface area contributed by atoms with Gasteiger partial charge in [0.05, 0.1) is 38.4 Å². The van der Waals surface area contributed by atoms with Crippen molar-refractivity contribution in [3.05, 3.63) is 48.0 Å². The monoisotopic (exact) mass is 423 g/mol. The molecule has 3 aromatic rings. The van der Waals surface area contributed by atoms with Gasteiger partial charge in [-0.2, -0.15) is 0 Å². The number of benzene rings is 2. The maximum absolute atomic E-state index is 12.7. The number of ether oxygens (including phenoxy) is 2. The highest BCUT2D eigenvalue weighted by molar-refractivity contribution is 5.80. The number of nitrogens with one attached hydrogen (secondary N) is 2. The van der Waals surface area contributed by atoms with E-state index in [1.807, 2.05) is 36.4 Å². The van der Waals surface area contributed by atoms with Crippen LogP contribution in [0.25, 0.3) is 11.0 Å². The molecule has 0 bridgehead atoms. The highest BCUT2D eigenvalue weighted by atomic mass is 16.5. The van der Waals surface area contributed by atoms with Crippen LogP contribution in [0.3, 0.4) is 0 Å². The van der Waals surface area contributed by atoms with E-state index in [9.17, 15) is 9.59 Å². The lowest BCUT2D eigenvalue weighted by atomic mass is 9.91. The van der Waals surface area contributed by atoms with E-state index in [0.717, 1.165) is 16.6 Å². The van der Waals surface area contributed by atoms with Gasteiger partial charge in [-0.3, -0.25) is 9.59 Å². The van der Waals surface area contributed by atoms with E-state index in [-0.39, 0.29) is 24.3 Å². The number of hydrogen-bond acceptors (Lipinski definition) is 6. The third-order valence-corrected chi connectivity index (χ3v) is 5.49. The third-order valence-electron chi connectivity index (χ3n) is 5.49. The average molecular weight is 423 g/mol. The van der Waals surface area contributed by atoms with Crippen LogP contribution < -0.4 is 20.1 Å². The Balaban J connectivity index is 1.47. The zero-order chi connectivity index (χ0) is 21.8. The number of piperidine rings is 1. The predicted octanol–water partition coefficient (Wildman–Crippen LogP) is 1.97. The van der Waals surface area contributed by atoms with Crippen molar-refractivity contribution in [2.24, 2.45) is 0 Å². The molecule has 1 fully saturated rings. The number of hydrogen-bond donors (Lipinski definition) is 2. The number of carbonyl (C=O) groups is 2. The Morgan fingerprint density at radius 3 is 2.87 bits per heavy atom. The van der Waals surface area contributed by atoms with Crippen molar-refractivity contribution in [2.75, 3.05) is 14.2 Å². The van der Waals surface area contributed by atoms with E-state index < -0.39 is 6.04 Å². The van der Waals surface area contributed by atoms with Crippen LogP contribution in [-0.2, 0) is 16.1 Å². The van der Waals surface area contributed by atoms with E-state index >= 15 is 0 Å². The van der Waals surface area contributed by atoms with Gasteiger partial charge in [-0.25, -0.2) is 4.68 Å². The van der Waals surface area contributed by atoms with Gasteiger partial charge in [-0.05, 0) is 30.7 Å². The van der Waals surface area contributed by atoms with Crippen molar-refractivity contribution in [1.29, 1.82) is 0 Å². The highest BCUT2D eigenvalue weighted by Crippen LogP contribution is 2.34. The number of amides is 2. The van der Waals surface area contributed by atoms with Crippen molar-refractivity contribution in [3.8, 4) is 11.5 Å². The molecule has 1 aliphatic heterocycles.